The Bertz CT molecular complexity index is 885. The molecule has 2 aromatic rings. The van der Waals surface area contributed by atoms with Crippen LogP contribution in [-0.4, -0.2) is 31.7 Å². The van der Waals surface area contributed by atoms with E-state index in [0.29, 0.717) is 0 Å². The van der Waals surface area contributed by atoms with Gasteiger partial charge in [-0.2, -0.15) is 0 Å². The maximum atomic E-state index is 13.2. The molecule has 0 spiro atoms. The molecule has 0 saturated carbocycles. The minimum absolute atomic E-state index is 0.0616. The van der Waals surface area contributed by atoms with E-state index in [1.54, 1.807) is 7.05 Å². The largest absolute Gasteiger partial charge is 0.346 e. The number of rotatable bonds is 2. The summed E-state index contributed by atoms with van der Waals surface area (Å²) in [4.78, 5) is 14.6. The lowest BCUT2D eigenvalue weighted by molar-refractivity contribution is -0.131. The van der Waals surface area contributed by atoms with Gasteiger partial charge in [-0.3, -0.25) is 15.1 Å². The molecule has 5 heteroatoms. The van der Waals surface area contributed by atoms with Gasteiger partial charge in [0.25, 0.3) is 0 Å². The molecule has 0 aliphatic carbocycles. The van der Waals surface area contributed by atoms with Gasteiger partial charge in [0.2, 0.25) is 5.91 Å². The smallest absolute Gasteiger partial charge is 0.239 e. The highest BCUT2D eigenvalue weighted by molar-refractivity contribution is 6.32. The molecule has 3 rings (SSSR count). The zero-order valence-electron chi connectivity index (χ0n) is 17.1. The molecule has 0 aromatic heterocycles. The van der Waals surface area contributed by atoms with Crippen molar-refractivity contribution in [3.63, 3.8) is 0 Å². The van der Waals surface area contributed by atoms with Crippen molar-refractivity contribution >= 4 is 25.2 Å². The van der Waals surface area contributed by atoms with Gasteiger partial charge >= 0.3 is 0 Å². The molecule has 0 radical (unpaired) electrons. The van der Waals surface area contributed by atoms with Crippen LogP contribution < -0.4 is 10.8 Å². The molecule has 1 aliphatic heterocycles. The lowest BCUT2D eigenvalue weighted by atomic mass is 9.72. The van der Waals surface area contributed by atoms with Crippen LogP contribution in [0.5, 0.6) is 0 Å². The van der Waals surface area contributed by atoms with Crippen molar-refractivity contribution in [1.29, 1.82) is 5.41 Å². The molecule has 0 bridgehead atoms. The van der Waals surface area contributed by atoms with Gasteiger partial charge in [0, 0.05) is 7.05 Å². The summed E-state index contributed by atoms with van der Waals surface area (Å²) in [6.45, 7) is 8.56. The van der Waals surface area contributed by atoms with Crippen LogP contribution in [-0.2, 0) is 15.7 Å². The van der Waals surface area contributed by atoms with Crippen LogP contribution in [0.25, 0.3) is 0 Å². The molecule has 2 N–H and O–H groups in total. The fraction of sp³-hybridized carbons (Fsp3) is 0.364. The number of hydrogen-bond acceptors (Lipinski definition) is 2. The molecule has 1 heterocycles. The molecule has 1 saturated heterocycles. The summed E-state index contributed by atoms with van der Waals surface area (Å²) in [5.74, 6) is -0.342. The average Bonchev–Trinajstić information content (AvgIpc) is 2.59. The van der Waals surface area contributed by atoms with Crippen LogP contribution in [0.1, 0.15) is 50.3 Å². The highest BCUT2D eigenvalue weighted by atomic mass is 16.2. The summed E-state index contributed by atoms with van der Waals surface area (Å²) >= 11 is 0. The molecule has 4 nitrogen and oxygen atoms in total. The van der Waals surface area contributed by atoms with Gasteiger partial charge in [0.15, 0.2) is 5.96 Å². The van der Waals surface area contributed by atoms with Crippen molar-refractivity contribution in [1.82, 2.24) is 10.2 Å². The summed E-state index contributed by atoms with van der Waals surface area (Å²) in [6, 6.07) is 16.5. The number of nitrogens with zero attached hydrogens (tertiary/aromatic N) is 1. The van der Waals surface area contributed by atoms with E-state index >= 15 is 0 Å². The van der Waals surface area contributed by atoms with Gasteiger partial charge in [0.05, 0.1) is 11.5 Å². The van der Waals surface area contributed by atoms with Crippen molar-refractivity contribution in [2.24, 2.45) is 0 Å². The summed E-state index contributed by atoms with van der Waals surface area (Å²) in [5.41, 5.74) is 3.72. The molecule has 1 fully saturated rings. The summed E-state index contributed by atoms with van der Waals surface area (Å²) in [5, 5.41) is 11.5. The third-order valence-corrected chi connectivity index (χ3v) is 5.60. The third-order valence-electron chi connectivity index (χ3n) is 5.60. The Morgan fingerprint density at radius 2 is 1.78 bits per heavy atom. The fourth-order valence-electron chi connectivity index (χ4n) is 3.81. The SMILES string of the molecule is Bc1cccc([C@@]2(C)NC(=N)N(C)C(=O)[C@@H]2c2ccc(C(C)(C)C)cc2)c1. The Morgan fingerprint density at radius 1 is 1.15 bits per heavy atom. The molecule has 27 heavy (non-hydrogen) atoms. The molecule has 0 unspecified atom stereocenters. The van der Waals surface area contributed by atoms with E-state index in [4.69, 9.17) is 5.41 Å². The summed E-state index contributed by atoms with van der Waals surface area (Å²) < 4.78 is 0. The van der Waals surface area contributed by atoms with Crippen molar-refractivity contribution in [3.05, 3.63) is 65.2 Å². The Labute approximate surface area is 162 Å². The van der Waals surface area contributed by atoms with E-state index in [0.717, 1.165) is 16.6 Å². The maximum absolute atomic E-state index is 13.2. The minimum atomic E-state index is -0.685. The van der Waals surface area contributed by atoms with Crippen molar-refractivity contribution < 1.29 is 4.79 Å². The maximum Gasteiger partial charge on any atom is 0.239 e. The van der Waals surface area contributed by atoms with Gasteiger partial charge in [0.1, 0.15) is 7.85 Å². The van der Waals surface area contributed by atoms with Gasteiger partial charge < -0.3 is 5.32 Å². The Kier molecular flexibility index (Phi) is 4.67. The first-order valence-corrected chi connectivity index (χ1v) is 9.36. The Morgan fingerprint density at radius 3 is 2.33 bits per heavy atom. The quantitative estimate of drug-likeness (QED) is 0.806. The number of hydrogen-bond donors (Lipinski definition) is 2. The second-order valence-electron chi connectivity index (χ2n) is 8.75. The Hall–Kier alpha value is -2.56. The number of guanidine groups is 1. The highest BCUT2D eigenvalue weighted by Crippen LogP contribution is 2.41. The van der Waals surface area contributed by atoms with Crippen molar-refractivity contribution in [2.75, 3.05) is 7.05 Å². The van der Waals surface area contributed by atoms with Crippen LogP contribution in [0.2, 0.25) is 0 Å². The van der Waals surface area contributed by atoms with E-state index in [1.165, 1.54) is 10.5 Å². The number of carbonyl (C=O) groups excluding carboxylic acids is 1. The Balaban J connectivity index is 2.13. The monoisotopic (exact) mass is 361 g/mol. The van der Waals surface area contributed by atoms with E-state index in [-0.39, 0.29) is 17.3 Å². The molecule has 2 aromatic carbocycles. The van der Waals surface area contributed by atoms with Crippen LogP contribution in [0.15, 0.2) is 48.5 Å². The first-order valence-electron chi connectivity index (χ1n) is 9.36. The number of carbonyl (C=O) groups is 1. The molecule has 1 amide bonds. The van der Waals surface area contributed by atoms with Crippen molar-refractivity contribution in [3.8, 4) is 0 Å². The molecular formula is C22H28BN3O. The second kappa shape index (κ2) is 6.56. The van der Waals surface area contributed by atoms with E-state index < -0.39 is 11.5 Å². The van der Waals surface area contributed by atoms with Crippen LogP contribution in [0.4, 0.5) is 0 Å². The summed E-state index contributed by atoms with van der Waals surface area (Å²) in [7, 11) is 3.70. The van der Waals surface area contributed by atoms with Gasteiger partial charge in [-0.25, -0.2) is 0 Å². The predicted molar refractivity (Wildman–Crippen MR) is 113 cm³/mol. The van der Waals surface area contributed by atoms with E-state index in [9.17, 15) is 4.79 Å². The lowest BCUT2D eigenvalue weighted by Gasteiger charge is -2.46. The van der Waals surface area contributed by atoms with Crippen LogP contribution in [0.3, 0.4) is 0 Å². The lowest BCUT2D eigenvalue weighted by Crippen LogP contribution is -2.62. The number of nitrogens with one attached hydrogen (secondary N) is 2. The normalized spacial score (nSPS) is 23.3. The average molecular weight is 361 g/mol. The fourth-order valence-corrected chi connectivity index (χ4v) is 3.81. The topological polar surface area (TPSA) is 56.2 Å². The molecule has 1 aliphatic rings. The van der Waals surface area contributed by atoms with E-state index in [2.05, 4.69) is 56.4 Å². The summed E-state index contributed by atoms with van der Waals surface area (Å²) in [6.07, 6.45) is 0. The molecule has 140 valence electrons. The first kappa shape index (κ1) is 19.2. The first-order chi connectivity index (χ1) is 12.5. The third kappa shape index (κ3) is 3.38. The number of amides is 1. The molecular weight excluding hydrogens is 333 g/mol. The number of likely N-dealkylation sites (N-methyl/N-ethyl adjacent to an activating group) is 1. The molecule has 2 atom stereocenters. The number of benzene rings is 2. The van der Waals surface area contributed by atoms with Gasteiger partial charge in [-0.15, -0.1) is 0 Å². The van der Waals surface area contributed by atoms with Crippen molar-refractivity contribution in [2.45, 2.75) is 44.6 Å². The zero-order valence-corrected chi connectivity index (χ0v) is 17.1. The van der Waals surface area contributed by atoms with Gasteiger partial charge in [-0.05, 0) is 29.0 Å². The standard InChI is InChI=1S/C22H28BN3O/c1-21(2,3)15-11-9-14(10-12-15)18-19(27)26(5)20(24)25-22(18,4)16-7-6-8-17(23)13-16/h6-13,18H,23H2,1-5H3,(H2,24,25)/t18-,22+/m0/s1. The van der Waals surface area contributed by atoms with Crippen LogP contribution in [0, 0.1) is 5.41 Å². The predicted octanol–water partition coefficient (Wildman–Crippen LogP) is 2.24. The minimum Gasteiger partial charge on any atom is -0.346 e. The highest BCUT2D eigenvalue weighted by Gasteiger charge is 2.48. The zero-order chi connectivity index (χ0) is 20.0. The second-order valence-corrected chi connectivity index (χ2v) is 8.75. The van der Waals surface area contributed by atoms with Crippen LogP contribution >= 0.6 is 0 Å². The van der Waals surface area contributed by atoms with Gasteiger partial charge in [-0.1, -0.05) is 74.8 Å². The van der Waals surface area contributed by atoms with E-state index in [1.807, 2.05) is 33.0 Å².